The number of piperidine rings is 1. The summed E-state index contributed by atoms with van der Waals surface area (Å²) in [4.78, 5) is 0. The van der Waals surface area contributed by atoms with Crippen LogP contribution in [0.4, 0.5) is 0 Å². The van der Waals surface area contributed by atoms with Crippen LogP contribution in [0.5, 0.6) is 11.5 Å². The Bertz CT molecular complexity index is 807. The third-order valence-corrected chi connectivity index (χ3v) is 7.77. The topological polar surface area (TPSA) is 61.7 Å². The van der Waals surface area contributed by atoms with Crippen molar-refractivity contribution in [2.75, 3.05) is 6.54 Å². The summed E-state index contributed by atoms with van der Waals surface area (Å²) < 4.78 is 6.38. The van der Waals surface area contributed by atoms with Gasteiger partial charge in [0.05, 0.1) is 11.0 Å². The molecule has 2 saturated carbocycles. The van der Waals surface area contributed by atoms with E-state index in [0.717, 1.165) is 49.3 Å². The van der Waals surface area contributed by atoms with Crippen LogP contribution in [0.3, 0.4) is 0 Å². The number of rotatable bonds is 2. The van der Waals surface area contributed by atoms with Gasteiger partial charge in [-0.05, 0) is 61.3 Å². The zero-order valence-corrected chi connectivity index (χ0v) is 15.6. The fraction of sp³-hybridized carbons (Fsp3) is 0.619. The van der Waals surface area contributed by atoms with Gasteiger partial charge in [0.25, 0.3) is 0 Å². The van der Waals surface area contributed by atoms with E-state index in [4.69, 9.17) is 4.74 Å². The molecular weight excluding hydrogens is 350 g/mol. The van der Waals surface area contributed by atoms with Crippen molar-refractivity contribution in [3.05, 3.63) is 35.4 Å². The maximum absolute atomic E-state index is 12.1. The van der Waals surface area contributed by atoms with E-state index in [1.165, 1.54) is 18.4 Å². The van der Waals surface area contributed by atoms with Crippen molar-refractivity contribution in [3.63, 3.8) is 0 Å². The Labute approximate surface area is 160 Å². The molecule has 0 aromatic heterocycles. The lowest BCUT2D eigenvalue weighted by Gasteiger charge is -2.62. The van der Waals surface area contributed by atoms with Crippen molar-refractivity contribution in [1.82, 2.24) is 5.32 Å². The van der Waals surface area contributed by atoms with Gasteiger partial charge in [0.15, 0.2) is 11.5 Å². The Balaban J connectivity index is 0.00000150. The Kier molecular flexibility index (Phi) is 3.37. The van der Waals surface area contributed by atoms with Crippen molar-refractivity contribution in [3.8, 4) is 11.5 Å². The SMILES string of the molecule is C=C1C(CC2CC2)CC2(O)C3Cc4ccc(O)c5c4[C@@]2(CCN3)[C@H]1O5.Cl. The highest BCUT2D eigenvalue weighted by molar-refractivity contribution is 5.85. The largest absolute Gasteiger partial charge is 0.504 e. The van der Waals surface area contributed by atoms with Gasteiger partial charge in [-0.2, -0.15) is 0 Å². The number of hydrogen-bond acceptors (Lipinski definition) is 4. The van der Waals surface area contributed by atoms with E-state index in [1.54, 1.807) is 6.07 Å². The van der Waals surface area contributed by atoms with Crippen molar-refractivity contribution in [2.24, 2.45) is 11.8 Å². The molecule has 1 spiro atoms. The molecule has 6 rings (SSSR count). The van der Waals surface area contributed by atoms with Gasteiger partial charge < -0.3 is 20.3 Å². The lowest BCUT2D eigenvalue weighted by Crippen LogP contribution is -2.75. The summed E-state index contributed by atoms with van der Waals surface area (Å²) in [7, 11) is 0. The number of nitrogens with one attached hydrogen (secondary N) is 1. The molecule has 2 heterocycles. The number of aliphatic hydroxyl groups is 1. The zero-order chi connectivity index (χ0) is 17.0. The highest BCUT2D eigenvalue weighted by Gasteiger charge is 2.72. The molecule has 5 aliphatic rings. The van der Waals surface area contributed by atoms with Crippen LogP contribution in [-0.2, 0) is 11.8 Å². The molecule has 1 saturated heterocycles. The van der Waals surface area contributed by atoms with Crippen molar-refractivity contribution >= 4 is 12.4 Å². The van der Waals surface area contributed by atoms with Crippen LogP contribution in [0.25, 0.3) is 0 Å². The number of phenolic OH excluding ortho intramolecular Hbond substituents is 1. The van der Waals surface area contributed by atoms with Gasteiger partial charge in [-0.3, -0.25) is 0 Å². The average molecular weight is 376 g/mol. The normalized spacial score (nSPS) is 41.9. The molecule has 1 aromatic rings. The smallest absolute Gasteiger partial charge is 0.166 e. The first-order valence-corrected chi connectivity index (χ1v) is 9.71. The molecule has 5 atom stereocenters. The molecule has 3 aliphatic carbocycles. The second-order valence-electron chi connectivity index (χ2n) is 8.96. The Morgan fingerprint density at radius 2 is 2.12 bits per heavy atom. The summed E-state index contributed by atoms with van der Waals surface area (Å²) in [5, 5.41) is 26.1. The van der Waals surface area contributed by atoms with Gasteiger partial charge in [-0.25, -0.2) is 0 Å². The van der Waals surface area contributed by atoms with E-state index < -0.39 is 11.0 Å². The van der Waals surface area contributed by atoms with Gasteiger partial charge in [-0.15, -0.1) is 12.4 Å². The van der Waals surface area contributed by atoms with Crippen LogP contribution in [0.1, 0.15) is 43.2 Å². The number of ether oxygens (including phenoxy) is 1. The monoisotopic (exact) mass is 375 g/mol. The van der Waals surface area contributed by atoms with Gasteiger partial charge in [-0.1, -0.05) is 25.5 Å². The predicted octanol–water partition coefficient (Wildman–Crippen LogP) is 2.84. The third kappa shape index (κ3) is 1.78. The molecule has 5 heteroatoms. The molecule has 26 heavy (non-hydrogen) atoms. The lowest BCUT2D eigenvalue weighted by molar-refractivity contribution is -0.147. The van der Waals surface area contributed by atoms with E-state index in [2.05, 4.69) is 11.9 Å². The molecule has 2 bridgehead atoms. The molecule has 4 nitrogen and oxygen atoms in total. The van der Waals surface area contributed by atoms with E-state index in [0.29, 0.717) is 11.7 Å². The molecule has 0 amide bonds. The van der Waals surface area contributed by atoms with Crippen LogP contribution < -0.4 is 10.1 Å². The molecule has 3 N–H and O–H groups in total. The fourth-order valence-corrected chi connectivity index (χ4v) is 6.47. The van der Waals surface area contributed by atoms with Gasteiger partial charge in [0.1, 0.15) is 6.10 Å². The first-order valence-electron chi connectivity index (χ1n) is 9.71. The number of hydrogen-bond donors (Lipinski definition) is 3. The minimum absolute atomic E-state index is 0. The van der Waals surface area contributed by atoms with Crippen molar-refractivity contribution < 1.29 is 14.9 Å². The van der Waals surface area contributed by atoms with Gasteiger partial charge in [0.2, 0.25) is 0 Å². The van der Waals surface area contributed by atoms with E-state index >= 15 is 0 Å². The number of halogens is 1. The maximum atomic E-state index is 12.1. The minimum Gasteiger partial charge on any atom is -0.504 e. The maximum Gasteiger partial charge on any atom is 0.166 e. The van der Waals surface area contributed by atoms with Crippen molar-refractivity contribution in [1.29, 1.82) is 0 Å². The van der Waals surface area contributed by atoms with Crippen LogP contribution in [0, 0.1) is 11.8 Å². The summed E-state index contributed by atoms with van der Waals surface area (Å²) in [6.07, 6.45) is 5.95. The number of benzene rings is 1. The Morgan fingerprint density at radius 3 is 2.88 bits per heavy atom. The second kappa shape index (κ2) is 5.18. The fourth-order valence-electron chi connectivity index (χ4n) is 6.47. The Hall–Kier alpha value is -1.23. The van der Waals surface area contributed by atoms with E-state index in [9.17, 15) is 10.2 Å². The van der Waals surface area contributed by atoms with Gasteiger partial charge in [0, 0.05) is 11.6 Å². The highest BCUT2D eigenvalue weighted by atomic mass is 35.5. The average Bonchev–Trinajstić information content (AvgIpc) is 3.31. The summed E-state index contributed by atoms with van der Waals surface area (Å²) in [6, 6.07) is 3.82. The lowest BCUT2D eigenvalue weighted by atomic mass is 9.47. The zero-order valence-electron chi connectivity index (χ0n) is 14.8. The van der Waals surface area contributed by atoms with Crippen molar-refractivity contribution in [2.45, 2.75) is 61.7 Å². The number of phenols is 1. The first kappa shape index (κ1) is 16.9. The van der Waals surface area contributed by atoms with E-state index in [-0.39, 0.29) is 30.3 Å². The quantitative estimate of drug-likeness (QED) is 0.695. The first-order chi connectivity index (χ1) is 12.0. The standard InChI is InChI=1S/C21H25NO3.ClH/c1-11-14(8-12-2-3-12)10-21(24)16-9-13-4-5-15(23)18-17(13)20(21,6-7-22-16)19(11)25-18;/h4-5,12,14,16,19,22-24H,1-3,6-10H2;1H/t14?,16?,19-,20-,21?;/m0./s1. The minimum atomic E-state index is -0.817. The Morgan fingerprint density at radius 1 is 1.31 bits per heavy atom. The molecule has 140 valence electrons. The third-order valence-electron chi connectivity index (χ3n) is 7.77. The summed E-state index contributed by atoms with van der Waals surface area (Å²) in [5.74, 6) is 1.92. The summed E-state index contributed by atoms with van der Waals surface area (Å²) >= 11 is 0. The molecule has 0 radical (unpaired) electrons. The summed E-state index contributed by atoms with van der Waals surface area (Å²) in [5.41, 5.74) is 2.17. The molecule has 2 aliphatic heterocycles. The number of aromatic hydroxyl groups is 1. The highest BCUT2D eigenvalue weighted by Crippen LogP contribution is 2.66. The molecule has 1 aromatic carbocycles. The molecule has 3 unspecified atom stereocenters. The second-order valence-corrected chi connectivity index (χ2v) is 8.96. The van der Waals surface area contributed by atoms with Gasteiger partial charge >= 0.3 is 0 Å². The van der Waals surface area contributed by atoms with Crippen LogP contribution in [0.15, 0.2) is 24.3 Å². The predicted molar refractivity (Wildman–Crippen MR) is 101 cm³/mol. The molecular formula is C21H26ClNO3. The van der Waals surface area contributed by atoms with Crippen LogP contribution in [-0.4, -0.2) is 34.5 Å². The van der Waals surface area contributed by atoms with Crippen LogP contribution >= 0.6 is 12.4 Å². The summed E-state index contributed by atoms with van der Waals surface area (Å²) in [6.45, 7) is 5.33. The molecule has 3 fully saturated rings. The van der Waals surface area contributed by atoms with Crippen LogP contribution in [0.2, 0.25) is 0 Å². The van der Waals surface area contributed by atoms with E-state index in [1.807, 2.05) is 6.07 Å².